The van der Waals surface area contributed by atoms with E-state index in [9.17, 15) is 4.79 Å². The highest BCUT2D eigenvalue weighted by atomic mass is 16.2. The first-order chi connectivity index (χ1) is 13.1. The highest BCUT2D eigenvalue weighted by molar-refractivity contribution is 5.99. The molecule has 27 heavy (non-hydrogen) atoms. The summed E-state index contributed by atoms with van der Waals surface area (Å²) in [5.41, 5.74) is 4.45. The van der Waals surface area contributed by atoms with Gasteiger partial charge in [0.05, 0.1) is 11.3 Å². The standard InChI is InChI=1S/C21H21N5O/c1-25(2)21-23-13-18(19(24-21)16-8-5-10-22-12-16)20(27)26-11-9-15-6-3-4-7-17(15)14-26/h3-8,10,12-13H,9,11,14H2,1-2H3. The number of rotatable bonds is 3. The van der Waals surface area contributed by atoms with Crippen molar-refractivity contribution in [2.45, 2.75) is 13.0 Å². The topological polar surface area (TPSA) is 62.2 Å². The minimum absolute atomic E-state index is 0.0475. The van der Waals surface area contributed by atoms with Gasteiger partial charge >= 0.3 is 0 Å². The average molecular weight is 359 g/mol. The molecule has 0 radical (unpaired) electrons. The van der Waals surface area contributed by atoms with Gasteiger partial charge in [0.15, 0.2) is 0 Å². The summed E-state index contributed by atoms with van der Waals surface area (Å²) in [5, 5.41) is 0. The molecule has 1 amide bonds. The Morgan fingerprint density at radius 1 is 1.07 bits per heavy atom. The van der Waals surface area contributed by atoms with Gasteiger partial charge in [-0.3, -0.25) is 9.78 Å². The Morgan fingerprint density at radius 2 is 1.89 bits per heavy atom. The molecule has 1 aliphatic heterocycles. The first-order valence-electron chi connectivity index (χ1n) is 8.94. The Kier molecular flexibility index (Phi) is 4.54. The third-order valence-corrected chi connectivity index (χ3v) is 4.76. The minimum atomic E-state index is -0.0475. The molecule has 4 rings (SSSR count). The van der Waals surface area contributed by atoms with Crippen LogP contribution < -0.4 is 4.90 Å². The number of carbonyl (C=O) groups is 1. The van der Waals surface area contributed by atoms with Gasteiger partial charge in [-0.2, -0.15) is 0 Å². The van der Waals surface area contributed by atoms with Crippen molar-refractivity contribution in [2.75, 3.05) is 25.5 Å². The number of anilines is 1. The number of amides is 1. The number of hydrogen-bond acceptors (Lipinski definition) is 5. The zero-order chi connectivity index (χ0) is 18.8. The number of pyridine rings is 1. The maximum Gasteiger partial charge on any atom is 0.257 e. The average Bonchev–Trinajstić information content (AvgIpc) is 2.73. The van der Waals surface area contributed by atoms with E-state index in [1.54, 1.807) is 18.6 Å². The van der Waals surface area contributed by atoms with Crippen molar-refractivity contribution >= 4 is 11.9 Å². The van der Waals surface area contributed by atoms with E-state index < -0.39 is 0 Å². The van der Waals surface area contributed by atoms with Gasteiger partial charge in [-0.05, 0) is 29.7 Å². The molecule has 136 valence electrons. The predicted molar refractivity (Wildman–Crippen MR) is 104 cm³/mol. The van der Waals surface area contributed by atoms with Crippen LogP contribution in [0, 0.1) is 0 Å². The van der Waals surface area contributed by atoms with Crippen molar-refractivity contribution in [1.82, 2.24) is 19.9 Å². The molecule has 3 aromatic rings. The molecule has 1 aromatic carbocycles. The monoisotopic (exact) mass is 359 g/mol. The van der Waals surface area contributed by atoms with Gasteiger partial charge in [-0.15, -0.1) is 0 Å². The molecule has 0 spiro atoms. The number of nitrogens with zero attached hydrogens (tertiary/aromatic N) is 5. The fourth-order valence-corrected chi connectivity index (χ4v) is 3.31. The van der Waals surface area contributed by atoms with Gasteiger partial charge in [0.25, 0.3) is 5.91 Å². The second-order valence-electron chi connectivity index (χ2n) is 6.81. The van der Waals surface area contributed by atoms with Crippen molar-refractivity contribution in [3.05, 3.63) is 71.7 Å². The molecular formula is C21H21N5O. The second-order valence-corrected chi connectivity index (χ2v) is 6.81. The number of benzene rings is 1. The first kappa shape index (κ1) is 17.1. The first-order valence-corrected chi connectivity index (χ1v) is 8.94. The highest BCUT2D eigenvalue weighted by Crippen LogP contribution is 2.26. The smallest absolute Gasteiger partial charge is 0.257 e. The van der Waals surface area contributed by atoms with E-state index in [0.717, 1.165) is 12.0 Å². The van der Waals surface area contributed by atoms with E-state index in [2.05, 4.69) is 27.1 Å². The highest BCUT2D eigenvalue weighted by Gasteiger charge is 2.25. The van der Waals surface area contributed by atoms with Crippen LogP contribution in [0.1, 0.15) is 21.5 Å². The third kappa shape index (κ3) is 3.38. The van der Waals surface area contributed by atoms with Gasteiger partial charge < -0.3 is 9.80 Å². The molecule has 1 aliphatic rings. The Bertz CT molecular complexity index is 971. The lowest BCUT2D eigenvalue weighted by atomic mass is 9.99. The van der Waals surface area contributed by atoms with E-state index in [1.165, 1.54) is 11.1 Å². The molecule has 6 nitrogen and oxygen atoms in total. The third-order valence-electron chi connectivity index (χ3n) is 4.76. The van der Waals surface area contributed by atoms with Crippen molar-refractivity contribution in [3.8, 4) is 11.3 Å². The van der Waals surface area contributed by atoms with E-state index in [4.69, 9.17) is 0 Å². The van der Waals surface area contributed by atoms with Gasteiger partial charge in [-0.25, -0.2) is 9.97 Å². The summed E-state index contributed by atoms with van der Waals surface area (Å²) in [6.45, 7) is 1.30. The molecule has 0 N–H and O–H groups in total. The molecule has 0 saturated carbocycles. The van der Waals surface area contributed by atoms with Crippen LogP contribution in [-0.4, -0.2) is 46.4 Å². The fourth-order valence-electron chi connectivity index (χ4n) is 3.31. The SMILES string of the molecule is CN(C)c1ncc(C(=O)N2CCc3ccccc3C2)c(-c2cccnc2)n1. The van der Waals surface area contributed by atoms with Crippen LogP contribution in [0.4, 0.5) is 5.95 Å². The molecule has 6 heteroatoms. The van der Waals surface area contributed by atoms with E-state index >= 15 is 0 Å². The quantitative estimate of drug-likeness (QED) is 0.720. The molecule has 0 unspecified atom stereocenters. The second kappa shape index (κ2) is 7.15. The summed E-state index contributed by atoms with van der Waals surface area (Å²) in [5.74, 6) is 0.517. The Hall–Kier alpha value is -3.28. The van der Waals surface area contributed by atoms with Crippen LogP contribution in [-0.2, 0) is 13.0 Å². The van der Waals surface area contributed by atoms with Gasteiger partial charge in [0.1, 0.15) is 0 Å². The van der Waals surface area contributed by atoms with Crippen molar-refractivity contribution < 1.29 is 4.79 Å². The molecule has 0 atom stereocenters. The summed E-state index contributed by atoms with van der Waals surface area (Å²) >= 11 is 0. The molecule has 0 saturated heterocycles. The van der Waals surface area contributed by atoms with Gasteiger partial charge in [0, 0.05) is 51.3 Å². The normalized spacial score (nSPS) is 13.2. The predicted octanol–water partition coefficient (Wildman–Crippen LogP) is 2.80. The van der Waals surface area contributed by atoms with Crippen LogP contribution in [0.25, 0.3) is 11.3 Å². The summed E-state index contributed by atoms with van der Waals surface area (Å²) < 4.78 is 0. The molecule has 0 bridgehead atoms. The largest absolute Gasteiger partial charge is 0.347 e. The van der Waals surface area contributed by atoms with Crippen LogP contribution in [0.3, 0.4) is 0 Å². The Balaban J connectivity index is 1.72. The van der Waals surface area contributed by atoms with E-state index in [-0.39, 0.29) is 5.91 Å². The van der Waals surface area contributed by atoms with Gasteiger partial charge in [-0.1, -0.05) is 24.3 Å². The van der Waals surface area contributed by atoms with Crippen LogP contribution in [0.15, 0.2) is 55.0 Å². The summed E-state index contributed by atoms with van der Waals surface area (Å²) in [4.78, 5) is 30.2. The lowest BCUT2D eigenvalue weighted by molar-refractivity contribution is 0.0734. The zero-order valence-corrected chi connectivity index (χ0v) is 15.5. The molecule has 3 heterocycles. The number of carbonyl (C=O) groups excluding carboxylic acids is 1. The molecule has 0 aliphatic carbocycles. The van der Waals surface area contributed by atoms with Crippen LogP contribution >= 0.6 is 0 Å². The minimum Gasteiger partial charge on any atom is -0.347 e. The maximum atomic E-state index is 13.3. The van der Waals surface area contributed by atoms with Crippen LogP contribution in [0.5, 0.6) is 0 Å². The lowest BCUT2D eigenvalue weighted by Crippen LogP contribution is -2.36. The summed E-state index contributed by atoms with van der Waals surface area (Å²) in [6, 6.07) is 12.0. The molecular weight excluding hydrogens is 338 g/mol. The number of fused-ring (bicyclic) bond motifs is 1. The number of hydrogen-bond donors (Lipinski definition) is 0. The Labute approximate surface area is 158 Å². The van der Waals surface area contributed by atoms with E-state index in [1.807, 2.05) is 48.2 Å². The van der Waals surface area contributed by atoms with Crippen LogP contribution in [0.2, 0.25) is 0 Å². The maximum absolute atomic E-state index is 13.3. The van der Waals surface area contributed by atoms with Gasteiger partial charge in [0.2, 0.25) is 5.95 Å². The van der Waals surface area contributed by atoms with E-state index in [0.29, 0.717) is 30.3 Å². The van der Waals surface area contributed by atoms with Crippen molar-refractivity contribution in [3.63, 3.8) is 0 Å². The summed E-state index contributed by atoms with van der Waals surface area (Å²) in [7, 11) is 3.76. The summed E-state index contributed by atoms with van der Waals surface area (Å²) in [6.07, 6.45) is 5.93. The van der Waals surface area contributed by atoms with Crippen molar-refractivity contribution in [2.24, 2.45) is 0 Å². The molecule has 2 aromatic heterocycles. The zero-order valence-electron chi connectivity index (χ0n) is 15.5. The fraction of sp³-hybridized carbons (Fsp3) is 0.238. The van der Waals surface area contributed by atoms with Crippen molar-refractivity contribution in [1.29, 1.82) is 0 Å². The molecule has 0 fully saturated rings. The lowest BCUT2D eigenvalue weighted by Gasteiger charge is -2.29. The Morgan fingerprint density at radius 3 is 2.63 bits per heavy atom. The number of aromatic nitrogens is 3.